The number of fused-ring (bicyclic) bond motifs is 1. The van der Waals surface area contributed by atoms with Gasteiger partial charge >= 0.3 is 0 Å². The van der Waals surface area contributed by atoms with Crippen LogP contribution in [0.2, 0.25) is 0 Å². The molecule has 0 bridgehead atoms. The zero-order valence-electron chi connectivity index (χ0n) is 15.8. The summed E-state index contributed by atoms with van der Waals surface area (Å²) in [6.07, 6.45) is 11.3. The predicted octanol–water partition coefficient (Wildman–Crippen LogP) is 7.51. The summed E-state index contributed by atoms with van der Waals surface area (Å²) in [7, 11) is 0. The number of allylic oxidation sites excluding steroid dienone is 1. The van der Waals surface area contributed by atoms with E-state index < -0.39 is 11.6 Å². The summed E-state index contributed by atoms with van der Waals surface area (Å²) in [6.45, 7) is 3.91. The first-order valence-electron chi connectivity index (χ1n) is 10.3. The Morgan fingerprint density at radius 3 is 2.04 bits per heavy atom. The minimum absolute atomic E-state index is 0.648. The molecule has 0 aliphatic heterocycles. The Labute approximate surface area is 161 Å². The fraction of sp³-hybridized carbons (Fsp3) is 0.440. The Bertz CT molecular complexity index is 776. The van der Waals surface area contributed by atoms with Gasteiger partial charge in [0.1, 0.15) is 0 Å². The highest BCUT2D eigenvalue weighted by Gasteiger charge is 2.36. The second-order valence-electron chi connectivity index (χ2n) is 8.48. The van der Waals surface area contributed by atoms with Gasteiger partial charge in [-0.3, -0.25) is 0 Å². The highest BCUT2D eigenvalue weighted by Crippen LogP contribution is 2.49. The van der Waals surface area contributed by atoms with Crippen LogP contribution in [0.3, 0.4) is 0 Å². The number of hydrogen-bond acceptors (Lipinski definition) is 0. The van der Waals surface area contributed by atoms with E-state index in [1.54, 1.807) is 6.07 Å². The van der Waals surface area contributed by atoms with Crippen molar-refractivity contribution in [2.24, 2.45) is 17.8 Å². The topological polar surface area (TPSA) is 0 Å². The van der Waals surface area contributed by atoms with Gasteiger partial charge in [-0.05, 0) is 97.4 Å². The lowest BCUT2D eigenvalue weighted by Gasteiger charge is -2.15. The molecule has 0 nitrogen and oxygen atoms in total. The van der Waals surface area contributed by atoms with Gasteiger partial charge in [-0.15, -0.1) is 6.58 Å². The van der Waals surface area contributed by atoms with Crippen LogP contribution in [-0.2, 0) is 0 Å². The van der Waals surface area contributed by atoms with E-state index in [0.717, 1.165) is 28.9 Å². The molecule has 2 aromatic rings. The van der Waals surface area contributed by atoms with Gasteiger partial charge in [0.2, 0.25) is 0 Å². The lowest BCUT2D eigenvalue weighted by Crippen LogP contribution is -2.04. The van der Waals surface area contributed by atoms with Crippen LogP contribution >= 0.6 is 0 Å². The van der Waals surface area contributed by atoms with Crippen LogP contribution in [-0.4, -0.2) is 0 Å². The summed E-state index contributed by atoms with van der Waals surface area (Å²) < 4.78 is 26.6. The number of halogens is 2. The summed E-state index contributed by atoms with van der Waals surface area (Å²) in [5.41, 5.74) is 3.07. The van der Waals surface area contributed by atoms with Gasteiger partial charge in [0.25, 0.3) is 0 Å². The SMILES string of the molecule is C=CCC1CCC2CC(c3ccc(-c4ccc(F)c(F)c4)cc3)CC2CC1. The largest absolute Gasteiger partial charge is 0.204 e. The molecule has 27 heavy (non-hydrogen) atoms. The average Bonchev–Trinajstić information content (AvgIpc) is 3.00. The fourth-order valence-corrected chi connectivity index (χ4v) is 5.33. The molecule has 2 saturated carbocycles. The fourth-order valence-electron chi connectivity index (χ4n) is 5.33. The Balaban J connectivity index is 1.43. The molecule has 2 atom stereocenters. The molecular weight excluding hydrogens is 338 g/mol. The van der Waals surface area contributed by atoms with E-state index in [1.807, 2.05) is 0 Å². The molecule has 2 unspecified atom stereocenters. The van der Waals surface area contributed by atoms with Crippen molar-refractivity contribution in [1.29, 1.82) is 0 Å². The highest BCUT2D eigenvalue weighted by atomic mass is 19.2. The first kappa shape index (κ1) is 18.4. The maximum Gasteiger partial charge on any atom is 0.159 e. The quantitative estimate of drug-likeness (QED) is 0.491. The Hall–Kier alpha value is -1.96. The molecule has 0 amide bonds. The van der Waals surface area contributed by atoms with Gasteiger partial charge in [0.15, 0.2) is 11.6 Å². The molecule has 0 N–H and O–H groups in total. The second kappa shape index (κ2) is 7.96. The van der Waals surface area contributed by atoms with Crippen LogP contribution in [0.1, 0.15) is 56.4 Å². The molecule has 0 spiro atoms. The molecular formula is C25H28F2. The van der Waals surface area contributed by atoms with Gasteiger partial charge in [-0.25, -0.2) is 8.78 Å². The lowest BCUT2D eigenvalue weighted by atomic mass is 9.91. The number of benzene rings is 2. The molecule has 2 aliphatic carbocycles. The van der Waals surface area contributed by atoms with Gasteiger partial charge in [0.05, 0.1) is 0 Å². The summed E-state index contributed by atoms with van der Waals surface area (Å²) in [4.78, 5) is 0. The van der Waals surface area contributed by atoms with E-state index in [9.17, 15) is 8.78 Å². The predicted molar refractivity (Wildman–Crippen MR) is 108 cm³/mol. The Kier molecular flexibility index (Phi) is 5.43. The van der Waals surface area contributed by atoms with Gasteiger partial charge in [0, 0.05) is 0 Å². The van der Waals surface area contributed by atoms with Crippen molar-refractivity contribution >= 4 is 0 Å². The molecule has 0 aromatic heterocycles. The average molecular weight is 366 g/mol. The van der Waals surface area contributed by atoms with Crippen LogP contribution in [0.25, 0.3) is 11.1 Å². The summed E-state index contributed by atoms with van der Waals surface area (Å²) in [5.74, 6) is 1.65. The molecule has 2 fully saturated rings. The Morgan fingerprint density at radius 2 is 1.44 bits per heavy atom. The van der Waals surface area contributed by atoms with E-state index >= 15 is 0 Å². The van der Waals surface area contributed by atoms with Crippen LogP contribution in [0.15, 0.2) is 55.1 Å². The van der Waals surface area contributed by atoms with E-state index in [4.69, 9.17) is 0 Å². The smallest absolute Gasteiger partial charge is 0.159 e. The molecule has 4 rings (SSSR count). The minimum Gasteiger partial charge on any atom is -0.204 e. The monoisotopic (exact) mass is 366 g/mol. The van der Waals surface area contributed by atoms with Crippen LogP contribution < -0.4 is 0 Å². The van der Waals surface area contributed by atoms with Crippen molar-refractivity contribution in [3.05, 3.63) is 72.3 Å². The summed E-state index contributed by atoms with van der Waals surface area (Å²) in [5, 5.41) is 0. The van der Waals surface area contributed by atoms with E-state index in [0.29, 0.717) is 5.92 Å². The third kappa shape index (κ3) is 4.00. The second-order valence-corrected chi connectivity index (χ2v) is 8.48. The van der Waals surface area contributed by atoms with Gasteiger partial charge in [-0.2, -0.15) is 0 Å². The summed E-state index contributed by atoms with van der Waals surface area (Å²) in [6, 6.07) is 12.6. The van der Waals surface area contributed by atoms with Crippen molar-refractivity contribution in [1.82, 2.24) is 0 Å². The zero-order chi connectivity index (χ0) is 18.8. The van der Waals surface area contributed by atoms with Crippen LogP contribution in [0.5, 0.6) is 0 Å². The normalized spacial score (nSPS) is 27.8. The molecule has 142 valence electrons. The number of rotatable bonds is 4. The molecule has 0 saturated heterocycles. The first-order chi connectivity index (χ1) is 13.1. The van der Waals surface area contributed by atoms with Crippen molar-refractivity contribution in [3.63, 3.8) is 0 Å². The van der Waals surface area contributed by atoms with Crippen molar-refractivity contribution < 1.29 is 8.78 Å². The van der Waals surface area contributed by atoms with Crippen LogP contribution in [0, 0.1) is 29.4 Å². The third-order valence-corrected chi connectivity index (χ3v) is 6.87. The number of hydrogen-bond donors (Lipinski definition) is 0. The van der Waals surface area contributed by atoms with Gasteiger partial charge < -0.3 is 0 Å². The van der Waals surface area contributed by atoms with Gasteiger partial charge in [-0.1, -0.05) is 36.4 Å². The maximum absolute atomic E-state index is 13.5. The van der Waals surface area contributed by atoms with Crippen molar-refractivity contribution in [2.75, 3.05) is 0 Å². The highest BCUT2D eigenvalue weighted by molar-refractivity contribution is 5.63. The van der Waals surface area contributed by atoms with Crippen LogP contribution in [0.4, 0.5) is 8.78 Å². The lowest BCUT2D eigenvalue weighted by molar-refractivity contribution is 0.367. The van der Waals surface area contributed by atoms with E-state index in [1.165, 1.54) is 62.6 Å². The molecule has 2 aliphatic rings. The van der Waals surface area contributed by atoms with E-state index in [2.05, 4.69) is 36.9 Å². The molecule has 0 heterocycles. The van der Waals surface area contributed by atoms with Crippen molar-refractivity contribution in [2.45, 2.75) is 50.9 Å². The molecule has 2 aromatic carbocycles. The molecule has 2 heteroatoms. The maximum atomic E-state index is 13.5. The first-order valence-corrected chi connectivity index (χ1v) is 10.3. The summed E-state index contributed by atoms with van der Waals surface area (Å²) >= 11 is 0. The minimum atomic E-state index is -0.796. The standard InChI is InChI=1S/C25H28F2/c1-2-3-17-4-6-20-14-23(15-21(20)7-5-17)19-10-8-18(9-11-19)22-12-13-24(26)25(27)16-22/h2,8-13,16-17,20-21,23H,1,3-7,14-15H2. The molecule has 0 radical (unpaired) electrons. The third-order valence-electron chi connectivity index (χ3n) is 6.87. The van der Waals surface area contributed by atoms with Crippen molar-refractivity contribution in [3.8, 4) is 11.1 Å². The zero-order valence-corrected chi connectivity index (χ0v) is 15.8. The van der Waals surface area contributed by atoms with E-state index in [-0.39, 0.29) is 0 Å². The Morgan fingerprint density at radius 1 is 0.815 bits per heavy atom.